The molecule has 0 aliphatic rings. The quantitative estimate of drug-likeness (QED) is 0.397. The van der Waals surface area contributed by atoms with E-state index in [2.05, 4.69) is 20.8 Å². The second-order valence-corrected chi connectivity index (χ2v) is 9.30. The van der Waals surface area contributed by atoms with Crippen LogP contribution in [0.15, 0.2) is 41.6 Å². The van der Waals surface area contributed by atoms with E-state index in [0.717, 1.165) is 11.3 Å². The maximum Gasteiger partial charge on any atom is 0.251 e. The van der Waals surface area contributed by atoms with Crippen LogP contribution in [-0.2, 0) is 11.3 Å². The van der Waals surface area contributed by atoms with Gasteiger partial charge in [0, 0.05) is 17.8 Å². The first-order chi connectivity index (χ1) is 15.7. The Labute approximate surface area is 207 Å². The summed E-state index contributed by atoms with van der Waals surface area (Å²) in [7, 11) is 0. The molecule has 0 saturated carbocycles. The van der Waals surface area contributed by atoms with Gasteiger partial charge in [0.25, 0.3) is 5.91 Å². The highest BCUT2D eigenvalue weighted by Gasteiger charge is 2.20. The molecule has 0 aliphatic heterocycles. The minimum Gasteiger partial charge on any atom is -0.342 e. The molecule has 2 N–H and O–H groups in total. The molecule has 33 heavy (non-hydrogen) atoms. The van der Waals surface area contributed by atoms with E-state index in [-0.39, 0.29) is 17.6 Å². The predicted molar refractivity (Wildman–Crippen MR) is 133 cm³/mol. The Bertz CT molecular complexity index is 1180. The maximum atomic E-state index is 12.6. The Balaban J connectivity index is 1.63. The first-order valence-corrected chi connectivity index (χ1v) is 12.1. The fraction of sp³-hybridized carbons (Fsp3) is 0.304. The number of aromatic nitrogens is 3. The summed E-state index contributed by atoms with van der Waals surface area (Å²) < 4.78 is 1.88. The highest BCUT2D eigenvalue weighted by Crippen LogP contribution is 2.24. The average Bonchev–Trinajstić information content (AvgIpc) is 3.19. The summed E-state index contributed by atoms with van der Waals surface area (Å²) in [4.78, 5) is 25.0. The Hall–Kier alpha value is -2.55. The Kier molecular flexibility index (Phi) is 8.40. The van der Waals surface area contributed by atoms with Gasteiger partial charge < -0.3 is 15.2 Å². The van der Waals surface area contributed by atoms with Gasteiger partial charge in [0.05, 0.1) is 21.8 Å². The Morgan fingerprint density at radius 1 is 1.06 bits per heavy atom. The summed E-state index contributed by atoms with van der Waals surface area (Å²) in [6, 6.07) is 10.1. The first kappa shape index (κ1) is 25.1. The van der Waals surface area contributed by atoms with Crippen LogP contribution < -0.4 is 10.6 Å². The molecular formula is C23H25Cl2N5O2S. The van der Waals surface area contributed by atoms with Gasteiger partial charge in [-0.2, -0.15) is 0 Å². The van der Waals surface area contributed by atoms with E-state index in [1.54, 1.807) is 12.1 Å². The third-order valence-electron chi connectivity index (χ3n) is 5.10. The van der Waals surface area contributed by atoms with Gasteiger partial charge in [0.1, 0.15) is 0 Å². The van der Waals surface area contributed by atoms with Crippen LogP contribution >= 0.6 is 35.0 Å². The smallest absolute Gasteiger partial charge is 0.251 e. The molecule has 0 unspecified atom stereocenters. The van der Waals surface area contributed by atoms with E-state index >= 15 is 0 Å². The molecule has 174 valence electrons. The second kappa shape index (κ2) is 11.0. The minimum absolute atomic E-state index is 0.128. The number of benzene rings is 2. The molecule has 0 radical (unpaired) electrons. The van der Waals surface area contributed by atoms with Crippen molar-refractivity contribution >= 4 is 52.5 Å². The number of aryl methyl sites for hydroxylation is 2. The molecule has 3 aromatic rings. The third kappa shape index (κ3) is 6.28. The van der Waals surface area contributed by atoms with Crippen molar-refractivity contribution in [3.05, 3.63) is 69.0 Å². The molecule has 3 rings (SSSR count). The monoisotopic (exact) mass is 505 g/mol. The zero-order chi connectivity index (χ0) is 24.1. The first-order valence-electron chi connectivity index (χ1n) is 10.4. The molecule has 2 amide bonds. The fourth-order valence-corrected chi connectivity index (χ4v) is 4.26. The lowest BCUT2D eigenvalue weighted by Gasteiger charge is -2.15. The van der Waals surface area contributed by atoms with Crippen LogP contribution in [0.5, 0.6) is 0 Å². The summed E-state index contributed by atoms with van der Waals surface area (Å²) in [5, 5.41) is 15.6. The van der Waals surface area contributed by atoms with Crippen molar-refractivity contribution in [3.63, 3.8) is 0 Å². The maximum absolute atomic E-state index is 12.6. The predicted octanol–water partition coefficient (Wildman–Crippen LogP) is 5.44. The highest BCUT2D eigenvalue weighted by atomic mass is 35.5. The summed E-state index contributed by atoms with van der Waals surface area (Å²) >= 11 is 13.2. The molecule has 2 aromatic carbocycles. The lowest BCUT2D eigenvalue weighted by atomic mass is 10.1. The minimum atomic E-state index is -0.405. The number of carbonyl (C=O) groups excluding carboxylic acids is 2. The van der Waals surface area contributed by atoms with Crippen LogP contribution in [0.25, 0.3) is 0 Å². The molecule has 1 heterocycles. The van der Waals surface area contributed by atoms with Gasteiger partial charge in [-0.05, 0) is 69.2 Å². The van der Waals surface area contributed by atoms with E-state index < -0.39 is 6.04 Å². The van der Waals surface area contributed by atoms with Crippen LogP contribution in [0.2, 0.25) is 10.0 Å². The van der Waals surface area contributed by atoms with Gasteiger partial charge in [-0.25, -0.2) is 0 Å². The van der Waals surface area contributed by atoms with Gasteiger partial charge in [-0.15, -0.1) is 10.2 Å². The zero-order valence-corrected chi connectivity index (χ0v) is 21.1. The Morgan fingerprint density at radius 2 is 1.82 bits per heavy atom. The topological polar surface area (TPSA) is 88.9 Å². The fourth-order valence-electron chi connectivity index (χ4n) is 3.15. The van der Waals surface area contributed by atoms with Crippen molar-refractivity contribution in [1.29, 1.82) is 0 Å². The summed E-state index contributed by atoms with van der Waals surface area (Å²) in [6.45, 7) is 8.41. The number of thioether (sulfide) groups is 1. The van der Waals surface area contributed by atoms with E-state index in [9.17, 15) is 9.59 Å². The largest absolute Gasteiger partial charge is 0.342 e. The van der Waals surface area contributed by atoms with Gasteiger partial charge in [0.15, 0.2) is 11.0 Å². The number of nitrogens with zero attached hydrogens (tertiary/aromatic N) is 3. The summed E-state index contributed by atoms with van der Waals surface area (Å²) in [5.74, 6) is 0.364. The third-order valence-corrected chi connectivity index (χ3v) is 6.81. The molecule has 0 spiro atoms. The number of rotatable bonds is 8. The van der Waals surface area contributed by atoms with E-state index in [0.29, 0.717) is 33.1 Å². The second-order valence-electron chi connectivity index (χ2n) is 7.54. The highest BCUT2D eigenvalue weighted by molar-refractivity contribution is 7.99. The number of hydrogen-bond donors (Lipinski definition) is 2. The molecule has 1 atom stereocenters. The van der Waals surface area contributed by atoms with Crippen LogP contribution in [0.4, 0.5) is 5.69 Å². The van der Waals surface area contributed by atoms with E-state index in [1.165, 1.54) is 23.4 Å². The molecule has 0 bridgehead atoms. The van der Waals surface area contributed by atoms with Crippen molar-refractivity contribution in [3.8, 4) is 0 Å². The summed E-state index contributed by atoms with van der Waals surface area (Å²) in [6.07, 6.45) is 0. The standard InChI is InChI=1S/C23H25Cl2N5O2S/c1-5-30-21(15(4)26-22(32)16-7-9-18(24)19(25)11-16)28-29-23(30)33-12-20(31)27-17-8-6-13(2)14(3)10-17/h6-11,15H,5,12H2,1-4H3,(H,26,32)(H,27,31)/t15-/m1/s1. The molecule has 0 fully saturated rings. The van der Waals surface area contributed by atoms with Crippen molar-refractivity contribution in [2.45, 2.75) is 45.4 Å². The lowest BCUT2D eigenvalue weighted by Crippen LogP contribution is -2.28. The van der Waals surface area contributed by atoms with Crippen molar-refractivity contribution < 1.29 is 9.59 Å². The SMILES string of the molecule is CCn1c(SCC(=O)Nc2ccc(C)c(C)c2)nnc1[C@@H](C)NC(=O)c1ccc(Cl)c(Cl)c1. The lowest BCUT2D eigenvalue weighted by molar-refractivity contribution is -0.113. The van der Waals surface area contributed by atoms with Gasteiger partial charge in [0.2, 0.25) is 5.91 Å². The number of hydrogen-bond acceptors (Lipinski definition) is 5. The summed E-state index contributed by atoms with van der Waals surface area (Å²) in [5.41, 5.74) is 3.45. The van der Waals surface area contributed by atoms with Gasteiger partial charge in [-0.3, -0.25) is 9.59 Å². The van der Waals surface area contributed by atoms with Crippen LogP contribution in [0, 0.1) is 13.8 Å². The van der Waals surface area contributed by atoms with Gasteiger partial charge in [-0.1, -0.05) is 41.0 Å². The molecule has 0 saturated heterocycles. The molecule has 0 aliphatic carbocycles. The van der Waals surface area contributed by atoms with Gasteiger partial charge >= 0.3 is 0 Å². The number of carbonyl (C=O) groups is 2. The molecule has 7 nitrogen and oxygen atoms in total. The van der Waals surface area contributed by atoms with Crippen LogP contribution in [0.1, 0.15) is 47.2 Å². The number of halogens is 2. The normalized spacial score (nSPS) is 11.8. The van der Waals surface area contributed by atoms with Crippen molar-refractivity contribution in [1.82, 2.24) is 20.1 Å². The molecule has 1 aromatic heterocycles. The number of anilines is 1. The van der Waals surface area contributed by atoms with Crippen molar-refractivity contribution in [2.24, 2.45) is 0 Å². The van der Waals surface area contributed by atoms with E-state index in [4.69, 9.17) is 23.2 Å². The average molecular weight is 506 g/mol. The number of amides is 2. The van der Waals surface area contributed by atoms with Crippen molar-refractivity contribution in [2.75, 3.05) is 11.1 Å². The number of nitrogens with one attached hydrogen (secondary N) is 2. The molecular weight excluding hydrogens is 481 g/mol. The van der Waals surface area contributed by atoms with Crippen LogP contribution in [-0.4, -0.2) is 32.3 Å². The Morgan fingerprint density at radius 3 is 2.48 bits per heavy atom. The molecule has 10 heteroatoms. The van der Waals surface area contributed by atoms with E-state index in [1.807, 2.05) is 50.5 Å². The van der Waals surface area contributed by atoms with Crippen LogP contribution in [0.3, 0.4) is 0 Å². The zero-order valence-electron chi connectivity index (χ0n) is 18.8.